The molecule has 0 spiro atoms. The van der Waals surface area contributed by atoms with E-state index < -0.39 is 6.10 Å². The van der Waals surface area contributed by atoms with Crippen LogP contribution >= 0.6 is 0 Å². The molecule has 0 bridgehead atoms. The fourth-order valence-electron chi connectivity index (χ4n) is 4.43. The molecule has 4 heterocycles. The smallest absolute Gasteiger partial charge is 0.407 e. The maximum Gasteiger partial charge on any atom is 0.407 e. The molecular formula is C21H26N4O5. The Balaban J connectivity index is 1.17. The zero-order valence-corrected chi connectivity index (χ0v) is 16.7. The van der Waals surface area contributed by atoms with Crippen LogP contribution in [0.25, 0.3) is 11.5 Å². The molecule has 5 rings (SSSR count). The van der Waals surface area contributed by atoms with Gasteiger partial charge in [0.25, 0.3) is 0 Å². The predicted octanol–water partition coefficient (Wildman–Crippen LogP) is 2.74. The molecule has 4 atom stereocenters. The summed E-state index contributed by atoms with van der Waals surface area (Å²) in [6.07, 6.45) is 7.54. The van der Waals surface area contributed by atoms with Crippen LogP contribution < -0.4 is 10.6 Å². The van der Waals surface area contributed by atoms with E-state index in [2.05, 4.69) is 20.6 Å². The van der Waals surface area contributed by atoms with Crippen LogP contribution in [0.2, 0.25) is 0 Å². The number of amides is 1. The zero-order chi connectivity index (χ0) is 20.3. The van der Waals surface area contributed by atoms with Crippen LogP contribution in [0.1, 0.15) is 32.1 Å². The molecule has 1 aliphatic carbocycles. The Morgan fingerprint density at radius 3 is 2.80 bits per heavy atom. The van der Waals surface area contributed by atoms with E-state index in [1.165, 1.54) is 6.42 Å². The Hall–Kier alpha value is -2.65. The maximum absolute atomic E-state index is 12.3. The van der Waals surface area contributed by atoms with E-state index in [9.17, 15) is 4.79 Å². The summed E-state index contributed by atoms with van der Waals surface area (Å²) in [5, 5.41) is 6.26. The van der Waals surface area contributed by atoms with Crippen molar-refractivity contribution < 1.29 is 23.4 Å². The van der Waals surface area contributed by atoms with E-state index in [-0.39, 0.29) is 30.4 Å². The highest BCUT2D eigenvalue weighted by molar-refractivity contribution is 5.68. The highest BCUT2D eigenvalue weighted by Crippen LogP contribution is 2.30. The first-order valence-corrected chi connectivity index (χ1v) is 10.6. The van der Waals surface area contributed by atoms with Gasteiger partial charge >= 0.3 is 6.09 Å². The summed E-state index contributed by atoms with van der Waals surface area (Å²) in [5.74, 6) is 1.15. The van der Waals surface area contributed by atoms with Crippen LogP contribution in [0.3, 0.4) is 0 Å². The average molecular weight is 414 g/mol. The van der Waals surface area contributed by atoms with Gasteiger partial charge in [-0.1, -0.05) is 19.3 Å². The highest BCUT2D eigenvalue weighted by atomic mass is 16.6. The van der Waals surface area contributed by atoms with Gasteiger partial charge in [-0.05, 0) is 31.0 Å². The molecule has 0 radical (unpaired) electrons. The normalized spacial score (nSPS) is 28.8. The van der Waals surface area contributed by atoms with Crippen molar-refractivity contribution in [3.05, 3.63) is 30.7 Å². The summed E-state index contributed by atoms with van der Waals surface area (Å²) in [5.41, 5.74) is 0.695. The first kappa shape index (κ1) is 19.3. The number of hydrogen-bond acceptors (Lipinski definition) is 8. The van der Waals surface area contributed by atoms with Crippen LogP contribution in [0.4, 0.5) is 10.7 Å². The fraction of sp³-hybridized carbons (Fsp3) is 0.571. The summed E-state index contributed by atoms with van der Waals surface area (Å²) >= 11 is 0. The summed E-state index contributed by atoms with van der Waals surface area (Å²) in [4.78, 5) is 21.1. The van der Waals surface area contributed by atoms with Crippen LogP contribution in [0.15, 0.2) is 35.1 Å². The average Bonchev–Trinajstić information content (AvgIpc) is 3.50. The van der Waals surface area contributed by atoms with Gasteiger partial charge in [0.05, 0.1) is 25.5 Å². The van der Waals surface area contributed by atoms with Crippen molar-refractivity contribution in [1.29, 1.82) is 0 Å². The summed E-state index contributed by atoms with van der Waals surface area (Å²) in [6, 6.07) is 5.54. The van der Waals surface area contributed by atoms with Gasteiger partial charge in [0.1, 0.15) is 17.9 Å². The lowest BCUT2D eigenvalue weighted by Crippen LogP contribution is -2.42. The minimum absolute atomic E-state index is 0.128. The van der Waals surface area contributed by atoms with Crippen LogP contribution in [0.5, 0.6) is 0 Å². The molecule has 1 amide bonds. The zero-order valence-electron chi connectivity index (χ0n) is 16.7. The molecule has 9 nitrogen and oxygen atoms in total. The number of rotatable bonds is 5. The number of aromatic nitrogens is 2. The van der Waals surface area contributed by atoms with Crippen LogP contribution in [-0.2, 0) is 14.2 Å². The number of alkyl carbamates (subject to hydrolysis) is 1. The SMILES string of the molecule is O=C(NC1CCCCC1)OC1COC2C(Nc3nccc(-c4ccco4)n3)COC12. The van der Waals surface area contributed by atoms with Gasteiger partial charge in [0.15, 0.2) is 11.9 Å². The van der Waals surface area contributed by atoms with Crippen LogP contribution in [-0.4, -0.2) is 59.7 Å². The van der Waals surface area contributed by atoms with Gasteiger partial charge < -0.3 is 29.3 Å². The van der Waals surface area contributed by atoms with Crippen molar-refractivity contribution >= 4 is 12.0 Å². The minimum atomic E-state index is -0.416. The Morgan fingerprint density at radius 1 is 1.10 bits per heavy atom. The largest absolute Gasteiger partial charge is 0.463 e. The fourth-order valence-corrected chi connectivity index (χ4v) is 4.43. The van der Waals surface area contributed by atoms with E-state index in [1.54, 1.807) is 18.5 Å². The van der Waals surface area contributed by atoms with E-state index in [1.807, 2.05) is 12.1 Å². The van der Waals surface area contributed by atoms with Crippen molar-refractivity contribution in [2.45, 2.75) is 62.5 Å². The molecule has 3 fully saturated rings. The number of ether oxygens (including phenoxy) is 3. The predicted molar refractivity (Wildman–Crippen MR) is 107 cm³/mol. The van der Waals surface area contributed by atoms with E-state index in [4.69, 9.17) is 18.6 Å². The standard InChI is InChI=1S/C21H26N4O5/c26-21(23-13-5-2-1-3-6-13)30-17-12-29-18-15(11-28-19(17)18)25-20-22-9-8-14(24-20)16-7-4-10-27-16/h4,7-10,13,15,17-19H,1-3,5-6,11-12H2,(H,23,26)(H,22,24,25). The highest BCUT2D eigenvalue weighted by Gasteiger charge is 2.49. The summed E-state index contributed by atoms with van der Waals surface area (Å²) < 4.78 is 22.8. The second kappa shape index (κ2) is 8.61. The summed E-state index contributed by atoms with van der Waals surface area (Å²) in [7, 11) is 0. The molecular weight excluding hydrogens is 388 g/mol. The molecule has 1 saturated carbocycles. The molecule has 2 N–H and O–H groups in total. The number of fused-ring (bicyclic) bond motifs is 1. The van der Waals surface area contributed by atoms with Crippen molar-refractivity contribution in [3.63, 3.8) is 0 Å². The van der Waals surface area contributed by atoms with E-state index in [0.717, 1.165) is 25.7 Å². The van der Waals surface area contributed by atoms with Crippen LogP contribution in [0, 0.1) is 0 Å². The lowest BCUT2D eigenvalue weighted by atomic mass is 9.96. The van der Waals surface area contributed by atoms with Gasteiger partial charge in [0, 0.05) is 12.2 Å². The third-order valence-electron chi connectivity index (χ3n) is 5.94. The van der Waals surface area contributed by atoms with Gasteiger partial charge in [0.2, 0.25) is 5.95 Å². The number of nitrogens with one attached hydrogen (secondary N) is 2. The number of anilines is 1. The Labute approximate surface area is 174 Å². The van der Waals surface area contributed by atoms with Gasteiger partial charge in [-0.15, -0.1) is 0 Å². The quantitative estimate of drug-likeness (QED) is 0.769. The second-order valence-electron chi connectivity index (χ2n) is 8.01. The first-order chi connectivity index (χ1) is 14.8. The number of hydrogen-bond donors (Lipinski definition) is 2. The lowest BCUT2D eigenvalue weighted by Gasteiger charge is -2.24. The number of carbonyl (C=O) groups excluding carboxylic acids is 1. The number of carbonyl (C=O) groups is 1. The van der Waals surface area contributed by atoms with Gasteiger partial charge in [-0.2, -0.15) is 0 Å². The lowest BCUT2D eigenvalue weighted by molar-refractivity contribution is 0.00314. The topological polar surface area (TPSA) is 108 Å². The van der Waals surface area contributed by atoms with E-state index in [0.29, 0.717) is 30.6 Å². The summed E-state index contributed by atoms with van der Waals surface area (Å²) in [6.45, 7) is 0.743. The Bertz CT molecular complexity index is 855. The molecule has 2 aromatic heterocycles. The number of furan rings is 1. The Morgan fingerprint density at radius 2 is 1.97 bits per heavy atom. The molecule has 2 aliphatic heterocycles. The van der Waals surface area contributed by atoms with Gasteiger partial charge in [-0.25, -0.2) is 14.8 Å². The van der Waals surface area contributed by atoms with Crippen molar-refractivity contribution in [1.82, 2.24) is 15.3 Å². The van der Waals surface area contributed by atoms with Crippen molar-refractivity contribution in [3.8, 4) is 11.5 Å². The molecule has 2 saturated heterocycles. The maximum atomic E-state index is 12.3. The van der Waals surface area contributed by atoms with Gasteiger partial charge in [-0.3, -0.25) is 0 Å². The van der Waals surface area contributed by atoms with Crippen molar-refractivity contribution in [2.24, 2.45) is 0 Å². The molecule has 0 aromatic carbocycles. The monoisotopic (exact) mass is 414 g/mol. The second-order valence-corrected chi connectivity index (χ2v) is 8.01. The Kier molecular flexibility index (Phi) is 5.54. The number of nitrogens with zero attached hydrogens (tertiary/aromatic N) is 2. The van der Waals surface area contributed by atoms with E-state index >= 15 is 0 Å². The first-order valence-electron chi connectivity index (χ1n) is 10.6. The molecule has 160 valence electrons. The third kappa shape index (κ3) is 4.13. The molecule has 3 aliphatic rings. The molecule has 4 unspecified atom stereocenters. The van der Waals surface area contributed by atoms with Crippen molar-refractivity contribution in [2.75, 3.05) is 18.5 Å². The minimum Gasteiger partial charge on any atom is -0.463 e. The molecule has 30 heavy (non-hydrogen) atoms. The molecule has 2 aromatic rings. The molecule has 9 heteroatoms. The third-order valence-corrected chi connectivity index (χ3v) is 5.94.